The number of para-hydroxylation sites is 3. The fourth-order valence-electron chi connectivity index (χ4n) is 10.8. The van der Waals surface area contributed by atoms with E-state index in [1.165, 1.54) is 50.3 Å². The molecule has 0 saturated heterocycles. The molecule has 0 aliphatic heterocycles. The van der Waals surface area contributed by atoms with Gasteiger partial charge in [-0.1, -0.05) is 182 Å². The van der Waals surface area contributed by atoms with Crippen molar-refractivity contribution in [3.63, 3.8) is 0 Å². The van der Waals surface area contributed by atoms with Crippen LogP contribution < -0.4 is 0 Å². The molecule has 0 bridgehead atoms. The molecule has 0 fully saturated rings. The minimum Gasteiger partial charge on any atom is -0.501 e. The van der Waals surface area contributed by atoms with E-state index >= 15 is 0 Å². The molecule has 406 valence electrons. The summed E-state index contributed by atoms with van der Waals surface area (Å²) in [6.45, 7) is 18.1. The van der Waals surface area contributed by atoms with Gasteiger partial charge in [0, 0.05) is 35.4 Å². The third-order valence-corrected chi connectivity index (χ3v) is 14.9. The van der Waals surface area contributed by atoms with E-state index < -0.39 is 0 Å². The monoisotopic (exact) mass is 1250 g/mol. The fraction of sp³-hybridized carbons (Fsp3) is 0.160. The number of aromatic nitrogens is 5. The van der Waals surface area contributed by atoms with Crippen molar-refractivity contribution in [3.05, 3.63) is 271 Å². The maximum atomic E-state index is 6.73. The normalized spacial score (nSPS) is 11.3. The summed E-state index contributed by atoms with van der Waals surface area (Å²) in [4.78, 5) is 14.1. The van der Waals surface area contributed by atoms with Crippen LogP contribution in [-0.4, -0.2) is 24.1 Å². The molecule has 0 radical (unpaired) electrons. The van der Waals surface area contributed by atoms with Crippen molar-refractivity contribution in [2.24, 2.45) is 0 Å². The summed E-state index contributed by atoms with van der Waals surface area (Å²) in [6.07, 6.45) is 5.72. The predicted molar refractivity (Wildman–Crippen MR) is 336 cm³/mol. The number of nitrogens with zero attached hydrogens (tertiary/aromatic N) is 5. The van der Waals surface area contributed by atoms with Crippen LogP contribution in [0.4, 0.5) is 0 Å². The Labute approximate surface area is 496 Å². The van der Waals surface area contributed by atoms with Gasteiger partial charge < -0.3 is 18.5 Å². The van der Waals surface area contributed by atoms with E-state index in [0.29, 0.717) is 11.8 Å². The van der Waals surface area contributed by atoms with Crippen molar-refractivity contribution >= 4 is 33.0 Å². The van der Waals surface area contributed by atoms with Crippen molar-refractivity contribution in [3.8, 4) is 67.7 Å². The van der Waals surface area contributed by atoms with Crippen LogP contribution in [0.15, 0.2) is 235 Å². The van der Waals surface area contributed by atoms with Gasteiger partial charge in [0.05, 0.1) is 28.3 Å². The molecule has 4 aromatic heterocycles. The minimum absolute atomic E-state index is 0. The molecule has 0 aliphatic carbocycles. The maximum Gasteiger partial charge on any atom is 3.00 e. The van der Waals surface area contributed by atoms with E-state index in [2.05, 4.69) is 238 Å². The number of imidazole rings is 2. The van der Waals surface area contributed by atoms with Gasteiger partial charge in [-0.05, 0) is 110 Å². The Kier molecular flexibility index (Phi) is 17.5. The SMILES string of the molecule is CC(C)c1cc(-c2ccccc2)cc(C(C)C)c1-n1c(-c2[c-]ccc3c2oc2cc(-c4ccccc4)ccc23)nc2ccccc21.CC(C)c1cccc(C(C)C)c1-n1ccnc1-c1[c-]cccc1.[Ir+3].[c-]1ccccc1-c1ccccn1. The molecule has 82 heavy (non-hydrogen) atoms. The molecular weight excluding hydrogens is 1180 g/mol. The first kappa shape index (κ1) is 56.5. The standard InChI is InChI=1S/C43H35N2O.C21H23N2.C11H8N.Ir/c1-27(2)36-24-32(30-16-9-6-10-17-30)25-37(28(3)4)41(36)45-39-21-12-11-20-38(39)44-43(45)35-19-13-18-34-33-23-22-31(26-40(33)46-42(34)35)29-14-7-5-8-15-29;1-15(2)18-11-8-12-19(16(3)4)20(18)23-14-13-22-21(23)17-9-6-5-7-10-17;1-2-6-10(7-3-1)11-8-4-5-9-12-11;/h5-18,20-28H,1-4H3;5-9,11-16H,1-4H3;1-6,8-9H;/q3*-1;+3. The molecule has 6 nitrogen and oxygen atoms in total. The summed E-state index contributed by atoms with van der Waals surface area (Å²) in [5.74, 6) is 3.27. The molecule has 0 unspecified atom stereocenters. The Morgan fingerprint density at radius 1 is 0.427 bits per heavy atom. The average molecular weight is 1250 g/mol. The van der Waals surface area contributed by atoms with E-state index in [-0.39, 0.29) is 31.9 Å². The first-order chi connectivity index (χ1) is 39.5. The Morgan fingerprint density at radius 3 is 1.63 bits per heavy atom. The molecule has 4 heterocycles. The van der Waals surface area contributed by atoms with Crippen LogP contribution in [-0.2, 0) is 20.1 Å². The van der Waals surface area contributed by atoms with Crippen LogP contribution in [0.5, 0.6) is 0 Å². The number of fused-ring (bicyclic) bond motifs is 4. The first-order valence-corrected chi connectivity index (χ1v) is 28.2. The number of hydrogen-bond acceptors (Lipinski definition) is 4. The largest absolute Gasteiger partial charge is 3.00 e. The number of furan rings is 1. The predicted octanol–water partition coefficient (Wildman–Crippen LogP) is 20.1. The molecule has 0 amide bonds. The molecule has 0 saturated carbocycles. The van der Waals surface area contributed by atoms with Crippen LogP contribution in [0.1, 0.15) is 101 Å². The van der Waals surface area contributed by atoms with Gasteiger partial charge >= 0.3 is 20.1 Å². The third-order valence-electron chi connectivity index (χ3n) is 14.9. The van der Waals surface area contributed by atoms with Crippen molar-refractivity contribution in [2.75, 3.05) is 0 Å². The summed E-state index contributed by atoms with van der Waals surface area (Å²) in [7, 11) is 0. The Hall–Kier alpha value is -8.74. The summed E-state index contributed by atoms with van der Waals surface area (Å²) < 4.78 is 11.3. The molecule has 0 N–H and O–H groups in total. The van der Waals surface area contributed by atoms with Crippen molar-refractivity contribution in [1.29, 1.82) is 0 Å². The van der Waals surface area contributed by atoms with E-state index in [1.807, 2.05) is 79.0 Å². The number of benzene rings is 9. The zero-order valence-corrected chi connectivity index (χ0v) is 50.1. The van der Waals surface area contributed by atoms with Gasteiger partial charge in [-0.3, -0.25) is 9.97 Å². The minimum atomic E-state index is 0. The first-order valence-electron chi connectivity index (χ1n) is 28.2. The number of rotatable bonds is 11. The second-order valence-corrected chi connectivity index (χ2v) is 21.7. The van der Waals surface area contributed by atoms with Gasteiger partial charge in [0.2, 0.25) is 0 Å². The summed E-state index contributed by atoms with van der Waals surface area (Å²) >= 11 is 0. The van der Waals surface area contributed by atoms with Gasteiger partial charge in [-0.25, -0.2) is 0 Å². The van der Waals surface area contributed by atoms with Crippen LogP contribution >= 0.6 is 0 Å². The maximum absolute atomic E-state index is 6.73. The molecular formula is C75H66IrN5O. The van der Waals surface area contributed by atoms with E-state index in [0.717, 1.165) is 72.6 Å². The van der Waals surface area contributed by atoms with Gasteiger partial charge in [0.25, 0.3) is 0 Å². The van der Waals surface area contributed by atoms with Gasteiger partial charge in [0.15, 0.2) is 0 Å². The zero-order valence-electron chi connectivity index (χ0n) is 47.7. The Bertz CT molecular complexity index is 4130. The van der Waals surface area contributed by atoms with Crippen LogP contribution in [0.3, 0.4) is 0 Å². The quantitative estimate of drug-likeness (QED) is 0.121. The van der Waals surface area contributed by atoms with Crippen LogP contribution in [0.2, 0.25) is 0 Å². The van der Waals surface area contributed by atoms with Crippen molar-refractivity contribution < 1.29 is 24.5 Å². The van der Waals surface area contributed by atoms with Crippen molar-refractivity contribution in [1.82, 2.24) is 24.1 Å². The topological polar surface area (TPSA) is 61.7 Å². The molecule has 0 aliphatic rings. The molecule has 0 atom stereocenters. The average Bonchev–Trinajstić information content (AvgIpc) is 2.94. The van der Waals surface area contributed by atoms with Gasteiger partial charge in [-0.15, -0.1) is 90.0 Å². The van der Waals surface area contributed by atoms with Gasteiger partial charge in [0.1, 0.15) is 5.58 Å². The Balaban J connectivity index is 0.000000172. The van der Waals surface area contributed by atoms with Crippen LogP contribution in [0, 0.1) is 18.2 Å². The summed E-state index contributed by atoms with van der Waals surface area (Å²) in [5, 5.41) is 2.15. The molecule has 13 aromatic rings. The van der Waals surface area contributed by atoms with E-state index in [1.54, 1.807) is 6.20 Å². The van der Waals surface area contributed by atoms with E-state index in [4.69, 9.17) is 9.40 Å². The van der Waals surface area contributed by atoms with Gasteiger partial charge in [-0.2, -0.15) is 0 Å². The Morgan fingerprint density at radius 2 is 1.02 bits per heavy atom. The zero-order chi connectivity index (χ0) is 56.0. The molecule has 0 spiro atoms. The fourth-order valence-corrected chi connectivity index (χ4v) is 10.8. The summed E-state index contributed by atoms with van der Waals surface area (Å²) in [5.41, 5.74) is 20.1. The van der Waals surface area contributed by atoms with E-state index in [9.17, 15) is 0 Å². The third kappa shape index (κ3) is 11.7. The number of pyridine rings is 1. The van der Waals surface area contributed by atoms with Crippen LogP contribution in [0.25, 0.3) is 101 Å². The second-order valence-electron chi connectivity index (χ2n) is 21.7. The molecule has 13 rings (SSSR count). The second kappa shape index (κ2) is 25.4. The number of hydrogen-bond donors (Lipinski definition) is 0. The molecule has 7 heteroatoms. The molecule has 9 aromatic carbocycles. The smallest absolute Gasteiger partial charge is 0.501 e. The van der Waals surface area contributed by atoms with Crippen molar-refractivity contribution in [2.45, 2.75) is 79.1 Å². The summed E-state index contributed by atoms with van der Waals surface area (Å²) in [6, 6.07) is 83.2.